The van der Waals surface area contributed by atoms with Gasteiger partial charge in [0.05, 0.1) is 0 Å². The number of rotatable bonds is 0. The van der Waals surface area contributed by atoms with Crippen LogP contribution in [0, 0.1) is 18.8 Å². The molecule has 0 radical (unpaired) electrons. The number of hydrogen-bond donors (Lipinski definition) is 1. The first-order valence-corrected chi connectivity index (χ1v) is 5.64. The smallest absolute Gasteiger partial charge is 0.410 e. The van der Waals surface area contributed by atoms with Gasteiger partial charge in [0, 0.05) is 20.2 Å². The molecule has 0 aliphatic carbocycles. The normalized spacial score (nSPS) is 18.4. The zero-order chi connectivity index (χ0) is 14.1. The van der Waals surface area contributed by atoms with Crippen LogP contribution in [-0.2, 0) is 4.74 Å². The van der Waals surface area contributed by atoms with E-state index in [1.54, 1.807) is 4.90 Å². The highest BCUT2D eigenvalue weighted by Gasteiger charge is 2.27. The number of aliphatic hydroxyl groups is 1. The van der Waals surface area contributed by atoms with Gasteiger partial charge in [0.1, 0.15) is 5.60 Å². The molecular formula is C13H25NO3. The van der Waals surface area contributed by atoms with Crippen molar-refractivity contribution in [2.24, 2.45) is 5.92 Å². The van der Waals surface area contributed by atoms with Crippen LogP contribution in [0.3, 0.4) is 0 Å². The predicted octanol–water partition coefficient (Wildman–Crippen LogP) is 2.12. The van der Waals surface area contributed by atoms with Crippen LogP contribution >= 0.6 is 0 Å². The molecule has 1 saturated heterocycles. The van der Waals surface area contributed by atoms with Crippen molar-refractivity contribution in [3.05, 3.63) is 0 Å². The number of carbonyl (C=O) groups is 1. The Bertz CT molecular complexity index is 231. The average Bonchev–Trinajstić information content (AvgIpc) is 2.69. The van der Waals surface area contributed by atoms with Crippen molar-refractivity contribution in [2.75, 3.05) is 20.2 Å². The van der Waals surface area contributed by atoms with E-state index in [9.17, 15) is 4.79 Å². The summed E-state index contributed by atoms with van der Waals surface area (Å²) in [4.78, 5) is 13.3. The summed E-state index contributed by atoms with van der Waals surface area (Å²) in [5.41, 5.74) is -0.372. The molecule has 100 valence electrons. The molecule has 4 heteroatoms. The van der Waals surface area contributed by atoms with Crippen LogP contribution in [0.4, 0.5) is 4.79 Å². The molecule has 1 aliphatic heterocycles. The number of ether oxygens (including phenoxy) is 1. The van der Waals surface area contributed by atoms with E-state index in [1.807, 2.05) is 20.8 Å². The van der Waals surface area contributed by atoms with Gasteiger partial charge in [-0.2, -0.15) is 0 Å². The maximum atomic E-state index is 11.5. The third-order valence-electron chi connectivity index (χ3n) is 2.08. The molecule has 4 nitrogen and oxygen atoms in total. The fraction of sp³-hybridized carbons (Fsp3) is 0.769. The van der Waals surface area contributed by atoms with Crippen LogP contribution in [0.25, 0.3) is 0 Å². The van der Waals surface area contributed by atoms with Crippen LogP contribution in [0.15, 0.2) is 0 Å². The maximum Gasteiger partial charge on any atom is 0.410 e. The minimum Gasteiger partial charge on any atom is -0.444 e. The summed E-state index contributed by atoms with van der Waals surface area (Å²) >= 11 is 0. The van der Waals surface area contributed by atoms with E-state index in [0.29, 0.717) is 5.92 Å². The van der Waals surface area contributed by atoms with Crippen LogP contribution < -0.4 is 0 Å². The molecule has 1 aliphatic rings. The topological polar surface area (TPSA) is 49.8 Å². The number of nitrogens with zero attached hydrogens (tertiary/aromatic N) is 1. The van der Waals surface area contributed by atoms with Gasteiger partial charge in [-0.25, -0.2) is 4.79 Å². The molecule has 1 N–H and O–H groups in total. The summed E-state index contributed by atoms with van der Waals surface area (Å²) in [5, 5.41) is 7.00. The lowest BCUT2D eigenvalue weighted by Crippen LogP contribution is -2.35. The van der Waals surface area contributed by atoms with E-state index in [0.717, 1.165) is 26.6 Å². The van der Waals surface area contributed by atoms with Crippen LogP contribution in [0.5, 0.6) is 0 Å². The number of carbonyl (C=O) groups excluding carboxylic acids is 1. The van der Waals surface area contributed by atoms with Gasteiger partial charge >= 0.3 is 6.09 Å². The first-order valence-electron chi connectivity index (χ1n) is 5.64. The lowest BCUT2D eigenvalue weighted by atomic mass is 10.2. The van der Waals surface area contributed by atoms with E-state index < -0.39 is 0 Å². The summed E-state index contributed by atoms with van der Waals surface area (Å²) in [6.07, 6.45) is 8.93. The summed E-state index contributed by atoms with van der Waals surface area (Å²) in [6, 6.07) is 0. The van der Waals surface area contributed by atoms with Gasteiger partial charge in [-0.15, -0.1) is 12.8 Å². The molecule has 0 aromatic heterocycles. The number of likely N-dealkylation sites (tertiary alicyclic amines) is 1. The molecule has 0 spiro atoms. The summed E-state index contributed by atoms with van der Waals surface area (Å²) in [5.74, 6) is 0.618. The Morgan fingerprint density at radius 3 is 2.12 bits per heavy atom. The van der Waals surface area contributed by atoms with Crippen LogP contribution in [0.1, 0.15) is 34.1 Å². The Labute approximate surface area is 105 Å². The van der Waals surface area contributed by atoms with E-state index >= 15 is 0 Å². The Hall–Kier alpha value is -1.21. The lowest BCUT2D eigenvalue weighted by Gasteiger charge is -2.24. The Kier molecular flexibility index (Phi) is 9.49. The minimum atomic E-state index is -0.372. The molecule has 1 heterocycles. The van der Waals surface area contributed by atoms with Gasteiger partial charge in [-0.05, 0) is 33.1 Å². The number of hydrogen-bond acceptors (Lipinski definition) is 3. The number of amides is 1. The highest BCUT2D eigenvalue weighted by Crippen LogP contribution is 2.18. The number of aliphatic hydroxyl groups excluding tert-OH is 1. The van der Waals surface area contributed by atoms with Crippen LogP contribution in [-0.4, -0.2) is 41.9 Å². The molecule has 1 fully saturated rings. The molecule has 1 atom stereocenters. The third-order valence-corrected chi connectivity index (χ3v) is 2.08. The Balaban J connectivity index is 0. The first-order chi connectivity index (χ1) is 7.88. The van der Waals surface area contributed by atoms with Crippen molar-refractivity contribution in [1.29, 1.82) is 0 Å². The molecule has 0 aromatic carbocycles. The molecule has 1 amide bonds. The highest BCUT2D eigenvalue weighted by molar-refractivity contribution is 5.68. The fourth-order valence-electron chi connectivity index (χ4n) is 1.43. The largest absolute Gasteiger partial charge is 0.444 e. The average molecular weight is 243 g/mol. The SMILES string of the molecule is C#C.CC1CCN(C(=O)OC(C)(C)C)C1.CO. The fourth-order valence-corrected chi connectivity index (χ4v) is 1.43. The summed E-state index contributed by atoms with van der Waals surface area (Å²) in [7, 11) is 1.00. The second-order valence-electron chi connectivity index (χ2n) is 4.82. The van der Waals surface area contributed by atoms with Gasteiger partial charge in [-0.1, -0.05) is 6.92 Å². The molecule has 1 rings (SSSR count). The molecular weight excluding hydrogens is 218 g/mol. The van der Waals surface area contributed by atoms with E-state index in [1.165, 1.54) is 0 Å². The molecule has 0 aromatic rings. The first kappa shape index (κ1) is 18.2. The van der Waals surface area contributed by atoms with Gasteiger partial charge in [0.15, 0.2) is 0 Å². The molecule has 0 bridgehead atoms. The molecule has 1 unspecified atom stereocenters. The van der Waals surface area contributed by atoms with Gasteiger partial charge < -0.3 is 14.7 Å². The number of terminal acetylenes is 1. The van der Waals surface area contributed by atoms with E-state index in [4.69, 9.17) is 9.84 Å². The van der Waals surface area contributed by atoms with Crippen molar-refractivity contribution in [1.82, 2.24) is 4.90 Å². The third kappa shape index (κ3) is 8.58. The second-order valence-corrected chi connectivity index (χ2v) is 4.82. The molecule has 17 heavy (non-hydrogen) atoms. The second kappa shape index (κ2) is 8.89. The van der Waals surface area contributed by atoms with Crippen molar-refractivity contribution in [2.45, 2.75) is 39.7 Å². The quantitative estimate of drug-likeness (QED) is 0.663. The van der Waals surface area contributed by atoms with Crippen molar-refractivity contribution in [3.8, 4) is 12.8 Å². The maximum absolute atomic E-state index is 11.5. The lowest BCUT2D eigenvalue weighted by molar-refractivity contribution is 0.0289. The Morgan fingerprint density at radius 1 is 1.35 bits per heavy atom. The predicted molar refractivity (Wildman–Crippen MR) is 69.6 cm³/mol. The van der Waals surface area contributed by atoms with Crippen molar-refractivity contribution < 1.29 is 14.6 Å². The monoisotopic (exact) mass is 243 g/mol. The minimum absolute atomic E-state index is 0.170. The van der Waals surface area contributed by atoms with Crippen molar-refractivity contribution in [3.63, 3.8) is 0 Å². The van der Waals surface area contributed by atoms with Gasteiger partial charge in [0.2, 0.25) is 0 Å². The summed E-state index contributed by atoms with van der Waals surface area (Å²) in [6.45, 7) is 9.52. The zero-order valence-electron chi connectivity index (χ0n) is 11.6. The van der Waals surface area contributed by atoms with Gasteiger partial charge in [0.25, 0.3) is 0 Å². The zero-order valence-corrected chi connectivity index (χ0v) is 11.6. The van der Waals surface area contributed by atoms with E-state index in [-0.39, 0.29) is 11.7 Å². The van der Waals surface area contributed by atoms with Crippen LogP contribution in [0.2, 0.25) is 0 Å². The summed E-state index contributed by atoms with van der Waals surface area (Å²) < 4.78 is 5.26. The van der Waals surface area contributed by atoms with Gasteiger partial charge in [-0.3, -0.25) is 0 Å². The van der Waals surface area contributed by atoms with E-state index in [2.05, 4.69) is 19.8 Å². The molecule has 0 saturated carbocycles. The van der Waals surface area contributed by atoms with Crippen molar-refractivity contribution >= 4 is 6.09 Å². The Morgan fingerprint density at radius 2 is 1.82 bits per heavy atom. The highest BCUT2D eigenvalue weighted by atomic mass is 16.6. The standard InChI is InChI=1S/C10H19NO2.C2H2.CH4O/c1-8-5-6-11(7-8)9(12)13-10(2,3)4;2*1-2/h8H,5-7H2,1-4H3;1-2H;2H,1H3.